The van der Waals surface area contributed by atoms with Crippen LogP contribution in [0.4, 0.5) is 5.82 Å². The molecule has 6 rings (SSSR count). The van der Waals surface area contributed by atoms with Crippen LogP contribution in [-0.2, 0) is 14.8 Å². The van der Waals surface area contributed by atoms with Crippen LogP contribution in [0.3, 0.4) is 0 Å². The third-order valence-electron chi connectivity index (χ3n) is 7.68. The van der Waals surface area contributed by atoms with E-state index in [-0.39, 0.29) is 28.4 Å². The lowest BCUT2D eigenvalue weighted by molar-refractivity contribution is -0.120. The summed E-state index contributed by atoms with van der Waals surface area (Å²) in [6.45, 7) is 1.25. The van der Waals surface area contributed by atoms with Crippen LogP contribution in [0.25, 0.3) is 21.8 Å². The van der Waals surface area contributed by atoms with E-state index in [1.165, 1.54) is 18.3 Å². The zero-order chi connectivity index (χ0) is 29.4. The van der Waals surface area contributed by atoms with Crippen molar-refractivity contribution < 1.29 is 17.7 Å². The minimum atomic E-state index is -4.06. The van der Waals surface area contributed by atoms with Gasteiger partial charge in [-0.25, -0.2) is 17.7 Å². The standard InChI is InChI=1S/C30H28ClN5O5S/c1-19-27-29(34-41-19)28-23(31)13-8-14-24(28)36(30(27)38)21-10-7-9-20(17-21)33-26(37)18-35(25-15-5-6-16-32-25)42(39,40)22-11-3-2-4-12-22/h2-6,8,11-16,20-21H,7,9-10,17-18H2,1H3,(H,33,37). The van der Waals surface area contributed by atoms with Gasteiger partial charge in [0.25, 0.3) is 15.6 Å². The number of nitrogens with one attached hydrogen (secondary N) is 1. The average molecular weight is 606 g/mol. The number of aromatic nitrogens is 3. The van der Waals surface area contributed by atoms with Crippen molar-refractivity contribution in [2.45, 2.75) is 49.6 Å². The van der Waals surface area contributed by atoms with E-state index in [4.69, 9.17) is 16.1 Å². The number of amides is 1. The van der Waals surface area contributed by atoms with Crippen LogP contribution < -0.4 is 15.2 Å². The summed E-state index contributed by atoms with van der Waals surface area (Å²) >= 11 is 6.57. The fourth-order valence-electron chi connectivity index (χ4n) is 5.78. The van der Waals surface area contributed by atoms with Crippen molar-refractivity contribution in [3.63, 3.8) is 0 Å². The SMILES string of the molecule is Cc1onc2c1c(=O)n(C1CCCC(NC(=O)CN(c3ccccn3)S(=O)(=O)c3ccccc3)C1)c1cccc(Cl)c21. The van der Waals surface area contributed by atoms with Crippen molar-refractivity contribution in [1.82, 2.24) is 20.0 Å². The Bertz CT molecular complexity index is 1940. The highest BCUT2D eigenvalue weighted by Gasteiger charge is 2.31. The number of anilines is 1. The zero-order valence-corrected chi connectivity index (χ0v) is 24.3. The van der Waals surface area contributed by atoms with Gasteiger partial charge in [0.2, 0.25) is 5.91 Å². The fraction of sp³-hybridized carbons (Fsp3) is 0.267. The van der Waals surface area contributed by atoms with Crippen LogP contribution in [0.5, 0.6) is 0 Å². The number of rotatable bonds is 7. The minimum Gasteiger partial charge on any atom is -0.360 e. The molecule has 1 fully saturated rings. The second kappa shape index (κ2) is 11.2. The second-order valence-corrected chi connectivity index (χ2v) is 12.6. The van der Waals surface area contributed by atoms with Crippen LogP contribution in [0.1, 0.15) is 37.5 Å². The first-order valence-electron chi connectivity index (χ1n) is 13.6. The molecule has 2 atom stereocenters. The van der Waals surface area contributed by atoms with Gasteiger partial charge in [-0.2, -0.15) is 0 Å². The smallest absolute Gasteiger partial charge is 0.265 e. The Morgan fingerprint density at radius 2 is 1.86 bits per heavy atom. The van der Waals surface area contributed by atoms with Gasteiger partial charge in [0, 0.05) is 23.7 Å². The van der Waals surface area contributed by atoms with Crippen LogP contribution in [0, 0.1) is 6.92 Å². The molecular formula is C30H28ClN5O5S. The first-order chi connectivity index (χ1) is 20.3. The molecule has 0 aliphatic heterocycles. The molecule has 216 valence electrons. The monoisotopic (exact) mass is 605 g/mol. The average Bonchev–Trinajstić information content (AvgIpc) is 3.38. The van der Waals surface area contributed by atoms with Gasteiger partial charge in [-0.05, 0) is 69.0 Å². The van der Waals surface area contributed by atoms with Gasteiger partial charge in [-0.1, -0.05) is 47.1 Å². The topological polar surface area (TPSA) is 127 Å². The number of carbonyl (C=O) groups excluding carboxylic acids is 1. The number of aryl methyl sites for hydroxylation is 1. The zero-order valence-electron chi connectivity index (χ0n) is 22.7. The molecular weight excluding hydrogens is 578 g/mol. The molecule has 1 aliphatic carbocycles. The van der Waals surface area contributed by atoms with Gasteiger partial charge in [0.1, 0.15) is 29.0 Å². The minimum absolute atomic E-state index is 0.0607. The highest BCUT2D eigenvalue weighted by atomic mass is 35.5. The van der Waals surface area contributed by atoms with Gasteiger partial charge in [-0.15, -0.1) is 0 Å². The van der Waals surface area contributed by atoms with E-state index in [0.717, 1.165) is 17.1 Å². The number of benzene rings is 2. The molecule has 2 aromatic carbocycles. The van der Waals surface area contributed by atoms with Gasteiger partial charge >= 0.3 is 0 Å². The number of fused-ring (bicyclic) bond motifs is 3. The molecule has 5 aromatic rings. The van der Waals surface area contributed by atoms with Gasteiger partial charge in [0.05, 0.1) is 15.4 Å². The summed E-state index contributed by atoms with van der Waals surface area (Å²) in [5.41, 5.74) is 0.871. The van der Waals surface area contributed by atoms with Crippen LogP contribution in [0.2, 0.25) is 5.02 Å². The lowest BCUT2D eigenvalue weighted by Gasteiger charge is -2.32. The van der Waals surface area contributed by atoms with Crippen molar-refractivity contribution in [2.24, 2.45) is 0 Å². The molecule has 0 spiro atoms. The van der Waals surface area contributed by atoms with E-state index in [0.29, 0.717) is 45.4 Å². The molecule has 12 heteroatoms. The molecule has 3 heterocycles. The molecule has 0 bridgehead atoms. The molecule has 1 saturated carbocycles. The molecule has 1 aliphatic rings. The van der Waals surface area contributed by atoms with Crippen molar-refractivity contribution in [3.8, 4) is 0 Å². The van der Waals surface area contributed by atoms with Crippen LogP contribution in [-0.4, -0.2) is 41.6 Å². The molecule has 0 saturated heterocycles. The van der Waals surface area contributed by atoms with Crippen LogP contribution in [0.15, 0.2) is 87.1 Å². The Balaban J connectivity index is 1.28. The number of carbonyl (C=O) groups is 1. The molecule has 2 unspecified atom stereocenters. The number of nitrogens with zero attached hydrogens (tertiary/aromatic N) is 4. The van der Waals surface area contributed by atoms with E-state index in [1.807, 2.05) is 6.07 Å². The van der Waals surface area contributed by atoms with Gasteiger partial charge in [-0.3, -0.25) is 9.59 Å². The van der Waals surface area contributed by atoms with Crippen molar-refractivity contribution in [2.75, 3.05) is 10.8 Å². The molecule has 0 radical (unpaired) electrons. The Kier molecular flexibility index (Phi) is 7.46. The number of sulfonamides is 1. The van der Waals surface area contributed by atoms with Gasteiger partial charge < -0.3 is 14.4 Å². The number of pyridine rings is 2. The van der Waals surface area contributed by atoms with E-state index in [2.05, 4.69) is 15.5 Å². The van der Waals surface area contributed by atoms with E-state index in [1.54, 1.807) is 60.0 Å². The summed E-state index contributed by atoms with van der Waals surface area (Å²) in [6, 6.07) is 17.7. The summed E-state index contributed by atoms with van der Waals surface area (Å²) in [5, 5.41) is 8.64. The summed E-state index contributed by atoms with van der Waals surface area (Å²) in [4.78, 5) is 31.4. The van der Waals surface area contributed by atoms with E-state index < -0.39 is 22.5 Å². The maximum Gasteiger partial charge on any atom is 0.265 e. The van der Waals surface area contributed by atoms with Gasteiger partial charge in [0.15, 0.2) is 0 Å². The summed E-state index contributed by atoms with van der Waals surface area (Å²) in [5.74, 6) is 0.0992. The maximum absolute atomic E-state index is 13.8. The van der Waals surface area contributed by atoms with Crippen molar-refractivity contribution in [3.05, 3.63) is 94.1 Å². The quantitative estimate of drug-likeness (QED) is 0.277. The summed E-state index contributed by atoms with van der Waals surface area (Å²) in [7, 11) is -4.06. The third-order valence-corrected chi connectivity index (χ3v) is 9.76. The highest BCUT2D eigenvalue weighted by molar-refractivity contribution is 7.92. The third kappa shape index (κ3) is 5.03. The molecule has 3 aromatic heterocycles. The number of halogens is 1. The molecule has 10 nitrogen and oxygen atoms in total. The fourth-order valence-corrected chi connectivity index (χ4v) is 7.43. The first kappa shape index (κ1) is 27.9. The van der Waals surface area contributed by atoms with E-state index >= 15 is 0 Å². The van der Waals surface area contributed by atoms with Crippen molar-refractivity contribution >= 4 is 55.2 Å². The predicted molar refractivity (Wildman–Crippen MR) is 160 cm³/mol. The maximum atomic E-state index is 13.8. The largest absolute Gasteiger partial charge is 0.360 e. The Hall–Kier alpha value is -4.22. The summed E-state index contributed by atoms with van der Waals surface area (Å²) < 4.78 is 35.2. The molecule has 1 amide bonds. The second-order valence-electron chi connectivity index (χ2n) is 10.4. The highest BCUT2D eigenvalue weighted by Crippen LogP contribution is 2.35. The van der Waals surface area contributed by atoms with Crippen LogP contribution >= 0.6 is 11.6 Å². The van der Waals surface area contributed by atoms with E-state index in [9.17, 15) is 18.0 Å². The lowest BCUT2D eigenvalue weighted by Crippen LogP contribution is -2.46. The lowest BCUT2D eigenvalue weighted by atomic mass is 9.90. The first-order valence-corrected chi connectivity index (χ1v) is 15.4. The number of hydrogen-bond donors (Lipinski definition) is 1. The molecule has 1 N–H and O–H groups in total. The Labute approximate surface area is 246 Å². The molecule has 42 heavy (non-hydrogen) atoms. The normalized spacial score (nSPS) is 17.4. The summed E-state index contributed by atoms with van der Waals surface area (Å²) in [6.07, 6.45) is 4.15. The van der Waals surface area contributed by atoms with Crippen molar-refractivity contribution in [1.29, 1.82) is 0 Å². The predicted octanol–water partition coefficient (Wildman–Crippen LogP) is 4.99. The Morgan fingerprint density at radius 3 is 2.62 bits per heavy atom. The Morgan fingerprint density at radius 1 is 1.07 bits per heavy atom. The number of hydrogen-bond acceptors (Lipinski definition) is 7.